The summed E-state index contributed by atoms with van der Waals surface area (Å²) >= 11 is 6.14. The fraction of sp³-hybridized carbons (Fsp3) is 0.684. The van der Waals surface area contributed by atoms with E-state index in [-0.39, 0.29) is 6.10 Å². The van der Waals surface area contributed by atoms with E-state index in [1.54, 1.807) is 0 Å². The van der Waals surface area contributed by atoms with Gasteiger partial charge in [0.1, 0.15) is 0 Å². The number of hydrogen-bond acceptors (Lipinski definition) is 5. The van der Waals surface area contributed by atoms with Gasteiger partial charge in [-0.2, -0.15) is 0 Å². The topological polar surface area (TPSA) is 45.2 Å². The van der Waals surface area contributed by atoms with Crippen LogP contribution >= 0.6 is 11.6 Å². The van der Waals surface area contributed by atoms with Gasteiger partial charge in [-0.15, -0.1) is 0 Å². The molecule has 0 aromatic heterocycles. The Bertz CT molecular complexity index is 543. The summed E-state index contributed by atoms with van der Waals surface area (Å²) in [5.41, 5.74) is 2.47. The molecule has 0 radical (unpaired) electrons. The highest BCUT2D eigenvalue weighted by atomic mass is 35.5. The van der Waals surface area contributed by atoms with Gasteiger partial charge in [-0.05, 0) is 37.5 Å². The van der Waals surface area contributed by atoms with Gasteiger partial charge < -0.3 is 19.5 Å². The molecular weight excluding hydrogens is 340 g/mol. The average molecular weight is 369 g/mol. The predicted octanol–water partition coefficient (Wildman–Crippen LogP) is 2.33. The van der Waals surface area contributed by atoms with Crippen LogP contribution in [0.15, 0.2) is 18.2 Å². The molecule has 3 rings (SSSR count). The van der Waals surface area contributed by atoms with Crippen molar-refractivity contribution in [3.8, 4) is 0 Å². The van der Waals surface area contributed by atoms with Crippen molar-refractivity contribution in [2.75, 3.05) is 57.4 Å². The van der Waals surface area contributed by atoms with E-state index in [1.807, 2.05) is 12.1 Å². The summed E-state index contributed by atoms with van der Waals surface area (Å²) in [6, 6.07) is 6.04. The first kappa shape index (κ1) is 18.9. The molecule has 2 saturated heterocycles. The minimum atomic E-state index is -0.444. The first-order valence-corrected chi connectivity index (χ1v) is 9.60. The summed E-state index contributed by atoms with van der Waals surface area (Å²) in [4.78, 5) is 4.68. The van der Waals surface area contributed by atoms with Crippen LogP contribution in [0.2, 0.25) is 5.02 Å². The second-order valence-electron chi connectivity index (χ2n) is 7.04. The number of nitrogens with zero attached hydrogens (tertiary/aromatic N) is 2. The van der Waals surface area contributed by atoms with Crippen molar-refractivity contribution in [3.63, 3.8) is 0 Å². The number of rotatable bonds is 7. The molecule has 0 bridgehead atoms. The smallest absolute Gasteiger partial charge is 0.0900 e. The van der Waals surface area contributed by atoms with Gasteiger partial charge in [0, 0.05) is 50.0 Å². The van der Waals surface area contributed by atoms with Gasteiger partial charge in [0.05, 0.1) is 25.4 Å². The SMILES string of the molecule is Cc1ccc(Cl)cc1N1CCN(CC(O)COCC2CCCO2)CC1. The number of piperazine rings is 1. The lowest BCUT2D eigenvalue weighted by Gasteiger charge is -2.37. The minimum absolute atomic E-state index is 0.219. The molecule has 1 aromatic carbocycles. The van der Waals surface area contributed by atoms with Gasteiger partial charge in [-0.25, -0.2) is 0 Å². The van der Waals surface area contributed by atoms with E-state index in [0.717, 1.165) is 50.7 Å². The molecule has 2 heterocycles. The number of benzene rings is 1. The molecule has 2 fully saturated rings. The zero-order valence-electron chi connectivity index (χ0n) is 15.0. The van der Waals surface area contributed by atoms with Gasteiger partial charge in [0.15, 0.2) is 0 Å². The molecule has 1 aromatic rings. The molecule has 0 saturated carbocycles. The molecule has 0 amide bonds. The van der Waals surface area contributed by atoms with Gasteiger partial charge in [0.2, 0.25) is 0 Å². The maximum Gasteiger partial charge on any atom is 0.0900 e. The lowest BCUT2D eigenvalue weighted by atomic mass is 10.1. The summed E-state index contributed by atoms with van der Waals surface area (Å²) in [7, 11) is 0. The fourth-order valence-corrected chi connectivity index (χ4v) is 3.72. The number of aryl methyl sites for hydroxylation is 1. The molecule has 140 valence electrons. The first-order chi connectivity index (χ1) is 12.1. The molecule has 2 aliphatic rings. The molecule has 0 spiro atoms. The lowest BCUT2D eigenvalue weighted by Crippen LogP contribution is -2.49. The first-order valence-electron chi connectivity index (χ1n) is 9.22. The van der Waals surface area contributed by atoms with Crippen molar-refractivity contribution in [2.45, 2.75) is 32.0 Å². The Labute approximate surface area is 155 Å². The Balaban J connectivity index is 1.37. The Morgan fingerprint density at radius 1 is 1.32 bits per heavy atom. The highest BCUT2D eigenvalue weighted by Gasteiger charge is 2.21. The van der Waals surface area contributed by atoms with Crippen LogP contribution < -0.4 is 4.90 Å². The highest BCUT2D eigenvalue weighted by Crippen LogP contribution is 2.25. The fourth-order valence-electron chi connectivity index (χ4n) is 3.56. The Morgan fingerprint density at radius 3 is 2.84 bits per heavy atom. The summed E-state index contributed by atoms with van der Waals surface area (Å²) in [5.74, 6) is 0. The minimum Gasteiger partial charge on any atom is -0.389 e. The molecular formula is C19H29ClN2O3. The monoisotopic (exact) mass is 368 g/mol. The summed E-state index contributed by atoms with van der Waals surface area (Å²) in [6.07, 6.45) is 1.96. The van der Waals surface area contributed by atoms with Crippen molar-refractivity contribution < 1.29 is 14.6 Å². The second kappa shape index (κ2) is 9.19. The van der Waals surface area contributed by atoms with Gasteiger partial charge >= 0.3 is 0 Å². The third kappa shape index (κ3) is 5.56. The summed E-state index contributed by atoms with van der Waals surface area (Å²) < 4.78 is 11.1. The van der Waals surface area contributed by atoms with E-state index in [9.17, 15) is 5.11 Å². The van der Waals surface area contributed by atoms with E-state index in [2.05, 4.69) is 22.8 Å². The number of aliphatic hydroxyl groups is 1. The van der Waals surface area contributed by atoms with Crippen molar-refractivity contribution in [1.29, 1.82) is 0 Å². The van der Waals surface area contributed by atoms with Crippen LogP contribution in [0, 0.1) is 6.92 Å². The van der Waals surface area contributed by atoms with E-state index < -0.39 is 6.10 Å². The van der Waals surface area contributed by atoms with Crippen LogP contribution in [0.4, 0.5) is 5.69 Å². The van der Waals surface area contributed by atoms with Crippen molar-refractivity contribution in [1.82, 2.24) is 4.90 Å². The van der Waals surface area contributed by atoms with Crippen molar-refractivity contribution in [3.05, 3.63) is 28.8 Å². The molecule has 25 heavy (non-hydrogen) atoms. The Kier molecular flexibility index (Phi) is 6.96. The molecule has 2 atom stereocenters. The summed E-state index contributed by atoms with van der Waals surface area (Å²) in [6.45, 7) is 8.37. The van der Waals surface area contributed by atoms with E-state index in [4.69, 9.17) is 21.1 Å². The molecule has 5 nitrogen and oxygen atoms in total. The van der Waals surface area contributed by atoms with Crippen LogP contribution in [0.1, 0.15) is 18.4 Å². The third-order valence-electron chi connectivity index (χ3n) is 4.99. The molecule has 6 heteroatoms. The normalized spacial score (nSPS) is 23.2. The maximum atomic E-state index is 10.2. The molecule has 1 N–H and O–H groups in total. The molecule has 2 aliphatic heterocycles. The number of β-amino-alcohol motifs (C(OH)–C–C–N with tert-alkyl or cyclic N) is 1. The second-order valence-corrected chi connectivity index (χ2v) is 7.48. The van der Waals surface area contributed by atoms with Crippen LogP contribution in [0.25, 0.3) is 0 Å². The quantitative estimate of drug-likeness (QED) is 0.800. The lowest BCUT2D eigenvalue weighted by molar-refractivity contribution is -0.0254. The molecule has 0 aliphatic carbocycles. The van der Waals surface area contributed by atoms with Gasteiger partial charge in [0.25, 0.3) is 0 Å². The van der Waals surface area contributed by atoms with Crippen LogP contribution in [0.5, 0.6) is 0 Å². The largest absolute Gasteiger partial charge is 0.389 e. The highest BCUT2D eigenvalue weighted by molar-refractivity contribution is 6.30. The number of hydrogen-bond donors (Lipinski definition) is 1. The average Bonchev–Trinajstić information content (AvgIpc) is 3.11. The van der Waals surface area contributed by atoms with E-state index >= 15 is 0 Å². The summed E-state index contributed by atoms with van der Waals surface area (Å²) in [5, 5.41) is 11.0. The predicted molar refractivity (Wildman–Crippen MR) is 101 cm³/mol. The van der Waals surface area contributed by atoms with Crippen molar-refractivity contribution >= 4 is 17.3 Å². The standard InChI is InChI=1S/C19H29ClN2O3/c1-15-4-5-16(20)11-19(15)22-8-6-21(7-9-22)12-17(23)13-24-14-18-3-2-10-25-18/h4-5,11,17-18,23H,2-3,6-10,12-14H2,1H3. The van der Waals surface area contributed by atoms with Crippen molar-refractivity contribution in [2.24, 2.45) is 0 Å². The van der Waals surface area contributed by atoms with Gasteiger partial charge in [-0.3, -0.25) is 4.90 Å². The Hall–Kier alpha value is -0.850. The van der Waals surface area contributed by atoms with Crippen LogP contribution in [-0.4, -0.2) is 74.8 Å². The zero-order chi connectivity index (χ0) is 17.6. The van der Waals surface area contributed by atoms with Gasteiger partial charge in [-0.1, -0.05) is 17.7 Å². The number of aliphatic hydroxyl groups excluding tert-OH is 1. The maximum absolute atomic E-state index is 10.2. The Morgan fingerprint density at radius 2 is 2.12 bits per heavy atom. The number of halogens is 1. The number of anilines is 1. The molecule has 2 unspecified atom stereocenters. The third-order valence-corrected chi connectivity index (χ3v) is 5.23. The zero-order valence-corrected chi connectivity index (χ0v) is 15.7. The number of ether oxygens (including phenoxy) is 2. The van der Waals surface area contributed by atoms with Crippen LogP contribution in [0.3, 0.4) is 0 Å². The van der Waals surface area contributed by atoms with E-state index in [1.165, 1.54) is 11.3 Å². The van der Waals surface area contributed by atoms with Crippen LogP contribution in [-0.2, 0) is 9.47 Å². The van der Waals surface area contributed by atoms with E-state index in [0.29, 0.717) is 19.8 Å².